The van der Waals surface area contributed by atoms with Gasteiger partial charge in [-0.2, -0.15) is 0 Å². The molecule has 2 aliphatic heterocycles. The zero-order valence-corrected chi connectivity index (χ0v) is 14.4. The molecule has 3 heterocycles. The molecule has 5 heteroatoms. The lowest BCUT2D eigenvalue weighted by atomic mass is 10.1. The second-order valence-electron chi connectivity index (χ2n) is 7.62. The van der Waals surface area contributed by atoms with Crippen LogP contribution in [-0.2, 0) is 11.3 Å². The highest BCUT2D eigenvalue weighted by Crippen LogP contribution is 2.32. The molecular formula is C18H27N3O2. The van der Waals surface area contributed by atoms with E-state index in [1.807, 2.05) is 44.0 Å². The number of likely N-dealkylation sites (tertiary alicyclic amines) is 1. The highest BCUT2D eigenvalue weighted by molar-refractivity contribution is 5.69. The SMILES string of the molecule is CC(C)(C)OC(=O)N1[C@H]2CC[C@H]1CN(Cc1ccccn1)CC2. The van der Waals surface area contributed by atoms with E-state index in [-0.39, 0.29) is 12.1 Å². The lowest BCUT2D eigenvalue weighted by Gasteiger charge is -2.31. The first kappa shape index (κ1) is 16.2. The van der Waals surface area contributed by atoms with Crippen LogP contribution in [0.3, 0.4) is 0 Å². The molecule has 0 spiro atoms. The molecule has 2 atom stereocenters. The summed E-state index contributed by atoms with van der Waals surface area (Å²) in [5.41, 5.74) is 0.658. The van der Waals surface area contributed by atoms with E-state index in [4.69, 9.17) is 4.74 Å². The first-order chi connectivity index (χ1) is 10.9. The first-order valence-electron chi connectivity index (χ1n) is 8.56. The Morgan fingerprint density at radius 1 is 1.26 bits per heavy atom. The van der Waals surface area contributed by atoms with Crippen molar-refractivity contribution in [3.63, 3.8) is 0 Å². The Labute approximate surface area is 138 Å². The van der Waals surface area contributed by atoms with Crippen molar-refractivity contribution in [1.82, 2.24) is 14.8 Å². The number of amides is 1. The van der Waals surface area contributed by atoms with E-state index in [9.17, 15) is 4.79 Å². The van der Waals surface area contributed by atoms with E-state index in [0.29, 0.717) is 6.04 Å². The molecule has 0 unspecified atom stereocenters. The Bertz CT molecular complexity index is 541. The maximum Gasteiger partial charge on any atom is 0.410 e. The maximum absolute atomic E-state index is 12.6. The van der Waals surface area contributed by atoms with Crippen LogP contribution in [0.2, 0.25) is 0 Å². The molecule has 3 rings (SSSR count). The van der Waals surface area contributed by atoms with Crippen molar-refractivity contribution in [2.24, 2.45) is 0 Å². The summed E-state index contributed by atoms with van der Waals surface area (Å²) in [5, 5.41) is 0. The molecule has 2 aliphatic rings. The van der Waals surface area contributed by atoms with Gasteiger partial charge in [0.05, 0.1) is 5.69 Å². The van der Waals surface area contributed by atoms with E-state index >= 15 is 0 Å². The predicted octanol–water partition coefficient (Wildman–Crippen LogP) is 3.06. The average Bonchev–Trinajstić information content (AvgIpc) is 2.76. The predicted molar refractivity (Wildman–Crippen MR) is 89.0 cm³/mol. The number of hydrogen-bond donors (Lipinski definition) is 0. The number of aromatic nitrogens is 1. The van der Waals surface area contributed by atoms with Gasteiger partial charge in [-0.05, 0) is 52.2 Å². The molecule has 2 fully saturated rings. The topological polar surface area (TPSA) is 45.7 Å². The fraction of sp³-hybridized carbons (Fsp3) is 0.667. The number of carbonyl (C=O) groups excluding carboxylic acids is 1. The Morgan fingerprint density at radius 2 is 2.04 bits per heavy atom. The zero-order chi connectivity index (χ0) is 16.4. The minimum atomic E-state index is -0.434. The van der Waals surface area contributed by atoms with Gasteiger partial charge in [-0.3, -0.25) is 9.88 Å². The summed E-state index contributed by atoms with van der Waals surface area (Å²) >= 11 is 0. The van der Waals surface area contributed by atoms with Crippen molar-refractivity contribution < 1.29 is 9.53 Å². The second kappa shape index (κ2) is 6.48. The highest BCUT2D eigenvalue weighted by Gasteiger charge is 2.41. The molecule has 0 N–H and O–H groups in total. The molecule has 1 aromatic rings. The third-order valence-electron chi connectivity index (χ3n) is 4.58. The van der Waals surface area contributed by atoms with Crippen LogP contribution in [-0.4, -0.2) is 51.7 Å². The van der Waals surface area contributed by atoms with E-state index in [2.05, 4.69) is 16.0 Å². The zero-order valence-electron chi connectivity index (χ0n) is 14.4. The molecule has 0 aromatic carbocycles. The minimum absolute atomic E-state index is 0.148. The van der Waals surface area contributed by atoms with Gasteiger partial charge >= 0.3 is 6.09 Å². The smallest absolute Gasteiger partial charge is 0.410 e. The van der Waals surface area contributed by atoms with Crippen LogP contribution in [0, 0.1) is 0 Å². The Balaban J connectivity index is 1.66. The normalized spacial score (nSPS) is 25.3. The lowest BCUT2D eigenvalue weighted by molar-refractivity contribution is 0.0152. The number of nitrogens with zero attached hydrogens (tertiary/aromatic N) is 3. The fourth-order valence-electron chi connectivity index (χ4n) is 3.62. The summed E-state index contributed by atoms with van der Waals surface area (Å²) in [6, 6.07) is 6.62. The van der Waals surface area contributed by atoms with E-state index in [0.717, 1.165) is 44.6 Å². The number of hydrogen-bond acceptors (Lipinski definition) is 4. The van der Waals surface area contributed by atoms with Crippen molar-refractivity contribution in [3.05, 3.63) is 30.1 Å². The average molecular weight is 317 g/mol. The molecule has 0 saturated carbocycles. The molecule has 1 aromatic heterocycles. The monoisotopic (exact) mass is 317 g/mol. The van der Waals surface area contributed by atoms with Gasteiger partial charge in [0, 0.05) is 37.9 Å². The summed E-state index contributed by atoms with van der Waals surface area (Å²) in [6.45, 7) is 8.56. The number of ether oxygens (including phenoxy) is 1. The largest absolute Gasteiger partial charge is 0.444 e. The summed E-state index contributed by atoms with van der Waals surface area (Å²) in [6.07, 6.45) is 4.88. The molecule has 0 aliphatic carbocycles. The number of fused-ring (bicyclic) bond motifs is 2. The van der Waals surface area contributed by atoms with Crippen LogP contribution in [0.5, 0.6) is 0 Å². The van der Waals surface area contributed by atoms with Crippen molar-refractivity contribution >= 4 is 6.09 Å². The quantitative estimate of drug-likeness (QED) is 0.841. The summed E-state index contributed by atoms with van der Waals surface area (Å²) < 4.78 is 5.62. The van der Waals surface area contributed by atoms with Crippen molar-refractivity contribution in [1.29, 1.82) is 0 Å². The summed E-state index contributed by atoms with van der Waals surface area (Å²) in [5.74, 6) is 0. The molecule has 2 bridgehead atoms. The number of rotatable bonds is 2. The second-order valence-corrected chi connectivity index (χ2v) is 7.62. The van der Waals surface area contributed by atoms with Gasteiger partial charge in [-0.1, -0.05) is 6.07 Å². The van der Waals surface area contributed by atoms with E-state index < -0.39 is 5.60 Å². The Kier molecular flexibility index (Phi) is 4.57. The van der Waals surface area contributed by atoms with Gasteiger partial charge in [0.15, 0.2) is 0 Å². The van der Waals surface area contributed by atoms with Crippen LogP contribution < -0.4 is 0 Å². The van der Waals surface area contributed by atoms with Crippen LogP contribution >= 0.6 is 0 Å². The standard InChI is InChI=1S/C18H27N3O2/c1-18(2,3)23-17(22)21-15-7-8-16(21)13-20(11-9-15)12-14-6-4-5-10-19-14/h4-6,10,15-16H,7-9,11-13H2,1-3H3/t15-,16-/m0/s1. The molecular weight excluding hydrogens is 290 g/mol. The van der Waals surface area contributed by atoms with Gasteiger partial charge < -0.3 is 9.64 Å². The molecule has 1 amide bonds. The molecule has 126 valence electrons. The van der Waals surface area contributed by atoms with E-state index in [1.54, 1.807) is 0 Å². The molecule has 0 radical (unpaired) electrons. The Hall–Kier alpha value is -1.62. The van der Waals surface area contributed by atoms with Crippen molar-refractivity contribution in [3.8, 4) is 0 Å². The number of carbonyl (C=O) groups is 1. The van der Waals surface area contributed by atoms with Gasteiger partial charge in [0.2, 0.25) is 0 Å². The molecule has 2 saturated heterocycles. The lowest BCUT2D eigenvalue weighted by Crippen LogP contribution is -2.45. The summed E-state index contributed by atoms with van der Waals surface area (Å²) in [4.78, 5) is 21.4. The van der Waals surface area contributed by atoms with Crippen LogP contribution in [0.15, 0.2) is 24.4 Å². The minimum Gasteiger partial charge on any atom is -0.444 e. The highest BCUT2D eigenvalue weighted by atomic mass is 16.6. The summed E-state index contributed by atoms with van der Waals surface area (Å²) in [7, 11) is 0. The molecule has 23 heavy (non-hydrogen) atoms. The third kappa shape index (κ3) is 4.02. The maximum atomic E-state index is 12.6. The third-order valence-corrected chi connectivity index (χ3v) is 4.58. The van der Waals surface area contributed by atoms with Gasteiger partial charge in [-0.25, -0.2) is 4.79 Å². The number of pyridine rings is 1. The van der Waals surface area contributed by atoms with E-state index in [1.165, 1.54) is 0 Å². The fourth-order valence-corrected chi connectivity index (χ4v) is 3.62. The van der Waals surface area contributed by atoms with Crippen LogP contribution in [0.1, 0.15) is 45.7 Å². The van der Waals surface area contributed by atoms with Crippen molar-refractivity contribution in [2.75, 3.05) is 13.1 Å². The van der Waals surface area contributed by atoms with Gasteiger partial charge in [0.1, 0.15) is 5.60 Å². The van der Waals surface area contributed by atoms with Crippen LogP contribution in [0.25, 0.3) is 0 Å². The van der Waals surface area contributed by atoms with Crippen LogP contribution in [0.4, 0.5) is 4.79 Å². The Morgan fingerprint density at radius 3 is 2.74 bits per heavy atom. The van der Waals surface area contributed by atoms with Crippen molar-refractivity contribution in [2.45, 2.75) is 64.3 Å². The first-order valence-corrected chi connectivity index (χ1v) is 8.56. The van der Waals surface area contributed by atoms with Gasteiger partial charge in [-0.15, -0.1) is 0 Å². The molecule has 5 nitrogen and oxygen atoms in total. The van der Waals surface area contributed by atoms with Gasteiger partial charge in [0.25, 0.3) is 0 Å².